The van der Waals surface area contributed by atoms with Crippen LogP contribution in [0.25, 0.3) is 0 Å². The third-order valence-electron chi connectivity index (χ3n) is 3.84. The van der Waals surface area contributed by atoms with Gasteiger partial charge < -0.3 is 10.1 Å². The topological polar surface area (TPSA) is 84.5 Å². The molecule has 0 radical (unpaired) electrons. The minimum absolute atomic E-state index is 0.0480. The minimum Gasteiger partial charge on any atom is -0.383 e. The summed E-state index contributed by atoms with van der Waals surface area (Å²) in [6.45, 7) is 2.35. The van der Waals surface area contributed by atoms with Crippen molar-refractivity contribution >= 4 is 31.9 Å². The van der Waals surface area contributed by atoms with E-state index in [1.165, 1.54) is 19.2 Å². The highest BCUT2D eigenvalue weighted by molar-refractivity contribution is 9.10. The van der Waals surface area contributed by atoms with Crippen LogP contribution in [-0.4, -0.2) is 40.6 Å². The summed E-state index contributed by atoms with van der Waals surface area (Å²) < 4.78 is 32.8. The summed E-state index contributed by atoms with van der Waals surface area (Å²) in [6, 6.07) is 13.8. The maximum absolute atomic E-state index is 12.5. The lowest BCUT2D eigenvalue weighted by Gasteiger charge is -2.15. The first-order valence-electron chi connectivity index (χ1n) is 8.46. The second-order valence-electron chi connectivity index (χ2n) is 6.12. The molecule has 1 unspecified atom stereocenters. The Bertz CT molecular complexity index is 870. The summed E-state index contributed by atoms with van der Waals surface area (Å²) in [7, 11) is -2.19. The van der Waals surface area contributed by atoms with Crippen LogP contribution in [0, 0.1) is 0 Å². The van der Waals surface area contributed by atoms with Crippen molar-refractivity contribution in [3.05, 3.63) is 64.1 Å². The largest absolute Gasteiger partial charge is 0.383 e. The molecule has 2 rings (SSSR count). The number of sulfonamides is 1. The van der Waals surface area contributed by atoms with E-state index in [-0.39, 0.29) is 30.0 Å². The van der Waals surface area contributed by atoms with Crippen molar-refractivity contribution in [1.82, 2.24) is 10.0 Å². The Labute approximate surface area is 168 Å². The van der Waals surface area contributed by atoms with E-state index in [1.807, 2.05) is 31.2 Å². The molecule has 2 aromatic rings. The van der Waals surface area contributed by atoms with Gasteiger partial charge in [0.25, 0.3) is 5.91 Å². The highest BCUT2D eigenvalue weighted by atomic mass is 79.9. The standard InChI is InChI=1S/C19H23BrN2O4S/c1-14(12-15-6-8-17(20)9-7-15)22-19(23)16-4-3-5-18(13-16)27(24,25)21-10-11-26-2/h3-9,13-14,21H,10-12H2,1-2H3,(H,22,23). The number of carbonyl (C=O) groups excluding carboxylic acids is 1. The van der Waals surface area contributed by atoms with Crippen LogP contribution in [-0.2, 0) is 21.2 Å². The number of carbonyl (C=O) groups is 1. The molecule has 6 nitrogen and oxygen atoms in total. The Morgan fingerprint density at radius 1 is 1.19 bits per heavy atom. The van der Waals surface area contributed by atoms with Gasteiger partial charge in [0.05, 0.1) is 11.5 Å². The van der Waals surface area contributed by atoms with E-state index in [9.17, 15) is 13.2 Å². The average Bonchev–Trinajstić information content (AvgIpc) is 2.64. The van der Waals surface area contributed by atoms with Crippen LogP contribution in [0.5, 0.6) is 0 Å². The molecule has 27 heavy (non-hydrogen) atoms. The number of hydrogen-bond acceptors (Lipinski definition) is 4. The first-order valence-corrected chi connectivity index (χ1v) is 10.7. The van der Waals surface area contributed by atoms with Crippen LogP contribution in [0.2, 0.25) is 0 Å². The molecule has 1 amide bonds. The molecule has 2 N–H and O–H groups in total. The SMILES string of the molecule is COCCNS(=O)(=O)c1cccc(C(=O)NC(C)Cc2ccc(Br)cc2)c1. The smallest absolute Gasteiger partial charge is 0.251 e. The lowest BCUT2D eigenvalue weighted by Crippen LogP contribution is -2.34. The van der Waals surface area contributed by atoms with E-state index in [0.717, 1.165) is 10.0 Å². The molecule has 0 spiro atoms. The van der Waals surface area contributed by atoms with Gasteiger partial charge in [0.15, 0.2) is 0 Å². The number of nitrogens with one attached hydrogen (secondary N) is 2. The van der Waals surface area contributed by atoms with Gasteiger partial charge >= 0.3 is 0 Å². The van der Waals surface area contributed by atoms with Gasteiger partial charge in [0, 0.05) is 29.7 Å². The van der Waals surface area contributed by atoms with Crippen LogP contribution in [0.3, 0.4) is 0 Å². The van der Waals surface area contributed by atoms with Gasteiger partial charge in [0.1, 0.15) is 0 Å². The summed E-state index contributed by atoms with van der Waals surface area (Å²) in [6.07, 6.45) is 0.676. The zero-order valence-electron chi connectivity index (χ0n) is 15.2. The molecule has 0 aliphatic rings. The number of amides is 1. The van der Waals surface area contributed by atoms with Crippen LogP contribution in [0.15, 0.2) is 57.9 Å². The molecule has 0 aromatic heterocycles. The molecule has 0 aliphatic carbocycles. The number of hydrogen-bond donors (Lipinski definition) is 2. The second kappa shape index (κ2) is 9.98. The Hall–Kier alpha value is -1.74. The molecule has 8 heteroatoms. The summed E-state index contributed by atoms with van der Waals surface area (Å²) in [5.41, 5.74) is 1.40. The van der Waals surface area contributed by atoms with Crippen LogP contribution < -0.4 is 10.0 Å². The maximum atomic E-state index is 12.5. The van der Waals surface area contributed by atoms with Crippen molar-refractivity contribution in [2.45, 2.75) is 24.3 Å². The third-order valence-corrected chi connectivity index (χ3v) is 5.82. The van der Waals surface area contributed by atoms with E-state index in [2.05, 4.69) is 26.0 Å². The minimum atomic E-state index is -3.68. The van der Waals surface area contributed by atoms with E-state index in [1.54, 1.807) is 12.1 Å². The van der Waals surface area contributed by atoms with Crippen molar-refractivity contribution < 1.29 is 17.9 Å². The van der Waals surface area contributed by atoms with Gasteiger partial charge in [-0.1, -0.05) is 34.1 Å². The molecule has 0 saturated heterocycles. The van der Waals surface area contributed by atoms with Crippen LogP contribution in [0.1, 0.15) is 22.8 Å². The van der Waals surface area contributed by atoms with E-state index in [4.69, 9.17) is 4.74 Å². The quantitative estimate of drug-likeness (QED) is 0.570. The van der Waals surface area contributed by atoms with E-state index < -0.39 is 10.0 Å². The Morgan fingerprint density at radius 2 is 1.89 bits per heavy atom. The fourth-order valence-electron chi connectivity index (χ4n) is 2.50. The summed E-state index contributed by atoms with van der Waals surface area (Å²) >= 11 is 3.39. The monoisotopic (exact) mass is 454 g/mol. The molecule has 0 fully saturated rings. The normalized spacial score (nSPS) is 12.6. The fraction of sp³-hybridized carbons (Fsp3) is 0.316. The summed E-state index contributed by atoms with van der Waals surface area (Å²) in [5.74, 6) is -0.312. The molecule has 0 aliphatic heterocycles. The summed E-state index contributed by atoms with van der Waals surface area (Å²) in [5, 5.41) is 2.90. The average molecular weight is 455 g/mol. The van der Waals surface area contributed by atoms with Crippen LogP contribution in [0.4, 0.5) is 0 Å². The highest BCUT2D eigenvalue weighted by Crippen LogP contribution is 2.14. The first-order chi connectivity index (χ1) is 12.8. The Morgan fingerprint density at radius 3 is 2.56 bits per heavy atom. The Kier molecular flexibility index (Phi) is 7.97. The van der Waals surface area contributed by atoms with Gasteiger partial charge in [-0.25, -0.2) is 13.1 Å². The summed E-state index contributed by atoms with van der Waals surface area (Å²) in [4.78, 5) is 12.5. The molecular formula is C19H23BrN2O4S. The number of ether oxygens (including phenoxy) is 1. The van der Waals surface area contributed by atoms with Crippen molar-refractivity contribution in [1.29, 1.82) is 0 Å². The van der Waals surface area contributed by atoms with Gasteiger partial charge in [-0.15, -0.1) is 0 Å². The van der Waals surface area contributed by atoms with Crippen molar-refractivity contribution in [3.8, 4) is 0 Å². The molecule has 0 bridgehead atoms. The fourth-order valence-corrected chi connectivity index (χ4v) is 3.82. The van der Waals surface area contributed by atoms with Crippen LogP contribution >= 0.6 is 15.9 Å². The molecule has 0 saturated carbocycles. The maximum Gasteiger partial charge on any atom is 0.251 e. The molecular weight excluding hydrogens is 432 g/mol. The molecule has 0 heterocycles. The predicted octanol–water partition coefficient (Wildman–Crippen LogP) is 2.73. The molecule has 146 valence electrons. The van der Waals surface area contributed by atoms with Crippen molar-refractivity contribution in [3.63, 3.8) is 0 Å². The van der Waals surface area contributed by atoms with E-state index in [0.29, 0.717) is 12.0 Å². The Balaban J connectivity index is 2.02. The third kappa shape index (κ3) is 6.73. The lowest BCUT2D eigenvalue weighted by atomic mass is 10.1. The van der Waals surface area contributed by atoms with Gasteiger partial charge in [-0.05, 0) is 49.2 Å². The van der Waals surface area contributed by atoms with Crippen molar-refractivity contribution in [2.24, 2.45) is 0 Å². The predicted molar refractivity (Wildman–Crippen MR) is 108 cm³/mol. The zero-order valence-corrected chi connectivity index (χ0v) is 17.6. The first kappa shape index (κ1) is 21.6. The number of rotatable bonds is 9. The van der Waals surface area contributed by atoms with E-state index >= 15 is 0 Å². The lowest BCUT2D eigenvalue weighted by molar-refractivity contribution is 0.0940. The number of benzene rings is 2. The van der Waals surface area contributed by atoms with Gasteiger partial charge in [-0.3, -0.25) is 4.79 Å². The van der Waals surface area contributed by atoms with Gasteiger partial charge in [-0.2, -0.15) is 0 Å². The number of methoxy groups -OCH3 is 1. The molecule has 2 aromatic carbocycles. The number of halogens is 1. The van der Waals surface area contributed by atoms with Crippen molar-refractivity contribution in [2.75, 3.05) is 20.3 Å². The van der Waals surface area contributed by atoms with Gasteiger partial charge in [0.2, 0.25) is 10.0 Å². The molecule has 1 atom stereocenters. The second-order valence-corrected chi connectivity index (χ2v) is 8.81. The highest BCUT2D eigenvalue weighted by Gasteiger charge is 2.17. The zero-order chi connectivity index (χ0) is 19.9.